The van der Waals surface area contributed by atoms with Gasteiger partial charge in [-0.15, -0.1) is 0 Å². The summed E-state index contributed by atoms with van der Waals surface area (Å²) in [6.07, 6.45) is -2.41. The van der Waals surface area contributed by atoms with Gasteiger partial charge in [0.2, 0.25) is 0 Å². The van der Waals surface area contributed by atoms with Crippen molar-refractivity contribution in [3.63, 3.8) is 0 Å². The number of hydrogen-bond donors (Lipinski definition) is 3. The molecule has 4 nitrogen and oxygen atoms in total. The fourth-order valence-electron chi connectivity index (χ4n) is 2.53. The van der Waals surface area contributed by atoms with Crippen LogP contribution in [0.4, 0.5) is 18.0 Å². The summed E-state index contributed by atoms with van der Waals surface area (Å²) in [5, 5.41) is 14.2. The van der Waals surface area contributed by atoms with Gasteiger partial charge < -0.3 is 15.7 Å². The van der Waals surface area contributed by atoms with Crippen molar-refractivity contribution in [1.82, 2.24) is 10.6 Å². The molecule has 0 heterocycles. The number of nitrogens with one attached hydrogen (secondary N) is 2. The van der Waals surface area contributed by atoms with Gasteiger partial charge in [-0.05, 0) is 37.8 Å². The molecule has 0 unspecified atom stereocenters. The second-order valence-corrected chi connectivity index (χ2v) is 6.10. The van der Waals surface area contributed by atoms with Crippen LogP contribution < -0.4 is 10.6 Å². The second-order valence-electron chi connectivity index (χ2n) is 6.10. The molecule has 128 valence electrons. The average molecular weight is 330 g/mol. The van der Waals surface area contributed by atoms with E-state index < -0.39 is 17.2 Å². The Balaban J connectivity index is 1.97. The van der Waals surface area contributed by atoms with E-state index in [4.69, 9.17) is 5.11 Å². The lowest BCUT2D eigenvalue weighted by atomic mass is 9.94. The minimum Gasteiger partial charge on any atom is -0.396 e. The SMILES string of the molecule is C[C@H](CCO)NC(=O)NCC1(c2cccc(C(F)(F)F)c2)CC1. The molecule has 2 amide bonds. The van der Waals surface area contributed by atoms with Gasteiger partial charge in [0.1, 0.15) is 0 Å². The van der Waals surface area contributed by atoms with Crippen LogP contribution in [-0.2, 0) is 11.6 Å². The van der Waals surface area contributed by atoms with Crippen molar-refractivity contribution < 1.29 is 23.1 Å². The van der Waals surface area contributed by atoms with E-state index in [9.17, 15) is 18.0 Å². The number of aliphatic hydroxyl groups excluding tert-OH is 1. The summed E-state index contributed by atoms with van der Waals surface area (Å²) in [7, 11) is 0. The number of amides is 2. The van der Waals surface area contributed by atoms with E-state index >= 15 is 0 Å². The van der Waals surface area contributed by atoms with Gasteiger partial charge in [-0.25, -0.2) is 4.79 Å². The lowest BCUT2D eigenvalue weighted by Gasteiger charge is -2.20. The summed E-state index contributed by atoms with van der Waals surface area (Å²) in [6, 6.07) is 4.77. The molecular formula is C16H21F3N2O2. The molecule has 1 saturated carbocycles. The number of carbonyl (C=O) groups is 1. The maximum atomic E-state index is 12.8. The van der Waals surface area contributed by atoms with Crippen molar-refractivity contribution in [2.45, 2.75) is 43.8 Å². The van der Waals surface area contributed by atoms with Crippen LogP contribution in [0.5, 0.6) is 0 Å². The number of hydrogen-bond acceptors (Lipinski definition) is 2. The maximum absolute atomic E-state index is 12.8. The fourth-order valence-corrected chi connectivity index (χ4v) is 2.53. The summed E-state index contributed by atoms with van der Waals surface area (Å²) in [5.74, 6) is 0. The highest BCUT2D eigenvalue weighted by Crippen LogP contribution is 2.48. The summed E-state index contributed by atoms with van der Waals surface area (Å²) < 4.78 is 38.4. The number of aliphatic hydroxyl groups is 1. The number of carbonyl (C=O) groups excluding carboxylic acids is 1. The van der Waals surface area contributed by atoms with Gasteiger partial charge in [0.05, 0.1) is 5.56 Å². The molecule has 0 saturated heterocycles. The predicted octanol–water partition coefficient (Wildman–Crippen LogP) is 2.81. The highest BCUT2D eigenvalue weighted by molar-refractivity contribution is 5.74. The minimum atomic E-state index is -4.36. The molecule has 1 aromatic carbocycles. The molecule has 2 rings (SSSR count). The van der Waals surface area contributed by atoms with E-state index in [0.717, 1.165) is 18.9 Å². The average Bonchev–Trinajstić information content (AvgIpc) is 3.26. The molecule has 23 heavy (non-hydrogen) atoms. The number of rotatable bonds is 6. The first-order valence-corrected chi connectivity index (χ1v) is 7.60. The molecule has 1 fully saturated rings. The van der Waals surface area contributed by atoms with Crippen molar-refractivity contribution in [3.05, 3.63) is 35.4 Å². The Kier molecular flexibility index (Phi) is 5.19. The number of urea groups is 1. The van der Waals surface area contributed by atoms with E-state index in [1.807, 2.05) is 0 Å². The molecule has 1 aromatic rings. The highest BCUT2D eigenvalue weighted by Gasteiger charge is 2.45. The van der Waals surface area contributed by atoms with Crippen LogP contribution in [0.3, 0.4) is 0 Å². The van der Waals surface area contributed by atoms with Gasteiger partial charge >= 0.3 is 12.2 Å². The fraction of sp³-hybridized carbons (Fsp3) is 0.562. The number of benzene rings is 1. The zero-order valence-corrected chi connectivity index (χ0v) is 12.9. The molecule has 0 radical (unpaired) electrons. The monoisotopic (exact) mass is 330 g/mol. The molecule has 1 atom stereocenters. The van der Waals surface area contributed by atoms with Gasteiger partial charge in [-0.3, -0.25) is 0 Å². The van der Waals surface area contributed by atoms with Gasteiger partial charge in [-0.1, -0.05) is 18.2 Å². The molecule has 3 N–H and O–H groups in total. The summed E-state index contributed by atoms with van der Waals surface area (Å²) in [5.41, 5.74) is -0.461. The van der Waals surface area contributed by atoms with Crippen LogP contribution in [0.2, 0.25) is 0 Å². The zero-order valence-electron chi connectivity index (χ0n) is 12.9. The zero-order chi connectivity index (χ0) is 17.1. The quantitative estimate of drug-likeness (QED) is 0.751. The van der Waals surface area contributed by atoms with E-state index in [-0.39, 0.29) is 18.7 Å². The van der Waals surface area contributed by atoms with Crippen molar-refractivity contribution >= 4 is 6.03 Å². The van der Waals surface area contributed by atoms with E-state index in [0.29, 0.717) is 18.5 Å². The lowest BCUT2D eigenvalue weighted by molar-refractivity contribution is -0.137. The summed E-state index contributed by atoms with van der Waals surface area (Å²) in [4.78, 5) is 11.8. The van der Waals surface area contributed by atoms with E-state index in [2.05, 4.69) is 10.6 Å². The Morgan fingerprint density at radius 2 is 2.09 bits per heavy atom. The first-order chi connectivity index (χ1) is 10.8. The summed E-state index contributed by atoms with van der Waals surface area (Å²) >= 11 is 0. The smallest absolute Gasteiger partial charge is 0.396 e. The third-order valence-corrected chi connectivity index (χ3v) is 4.18. The Morgan fingerprint density at radius 3 is 2.65 bits per heavy atom. The Labute approximate surface area is 133 Å². The molecule has 7 heteroatoms. The first kappa shape index (κ1) is 17.6. The van der Waals surface area contributed by atoms with Crippen LogP contribution in [0.25, 0.3) is 0 Å². The minimum absolute atomic E-state index is 0.0182. The molecule has 1 aliphatic carbocycles. The summed E-state index contributed by atoms with van der Waals surface area (Å²) in [6.45, 7) is 2.05. The first-order valence-electron chi connectivity index (χ1n) is 7.60. The van der Waals surface area contributed by atoms with E-state index in [1.54, 1.807) is 13.0 Å². The van der Waals surface area contributed by atoms with Crippen molar-refractivity contribution in [1.29, 1.82) is 0 Å². The largest absolute Gasteiger partial charge is 0.416 e. The lowest BCUT2D eigenvalue weighted by Crippen LogP contribution is -2.43. The van der Waals surface area contributed by atoms with E-state index in [1.165, 1.54) is 12.1 Å². The Bertz CT molecular complexity index is 557. The number of alkyl halides is 3. The Morgan fingerprint density at radius 1 is 1.39 bits per heavy atom. The van der Waals surface area contributed by atoms with Gasteiger partial charge in [0, 0.05) is 24.6 Å². The normalized spacial score (nSPS) is 17.4. The van der Waals surface area contributed by atoms with Crippen LogP contribution in [0, 0.1) is 0 Å². The van der Waals surface area contributed by atoms with Crippen LogP contribution in [0.15, 0.2) is 24.3 Å². The predicted molar refractivity (Wildman–Crippen MR) is 80.1 cm³/mol. The van der Waals surface area contributed by atoms with Gasteiger partial charge in [0.15, 0.2) is 0 Å². The van der Waals surface area contributed by atoms with Crippen LogP contribution in [0.1, 0.15) is 37.3 Å². The maximum Gasteiger partial charge on any atom is 0.416 e. The third-order valence-electron chi connectivity index (χ3n) is 4.18. The standard InChI is InChI=1S/C16H21F3N2O2/c1-11(5-8-22)21-14(23)20-10-15(6-7-15)12-3-2-4-13(9-12)16(17,18)19/h2-4,9,11,22H,5-8,10H2,1H3,(H2,20,21,23)/t11-/m1/s1. The van der Waals surface area contributed by atoms with Gasteiger partial charge in [0.25, 0.3) is 0 Å². The topological polar surface area (TPSA) is 61.4 Å². The molecule has 0 aliphatic heterocycles. The molecule has 0 spiro atoms. The molecule has 0 bridgehead atoms. The second kappa shape index (κ2) is 6.78. The Hall–Kier alpha value is -1.76. The van der Waals surface area contributed by atoms with Crippen molar-refractivity contribution in [2.24, 2.45) is 0 Å². The van der Waals surface area contributed by atoms with Crippen LogP contribution >= 0.6 is 0 Å². The highest BCUT2D eigenvalue weighted by atomic mass is 19.4. The number of halogens is 3. The van der Waals surface area contributed by atoms with Crippen molar-refractivity contribution in [3.8, 4) is 0 Å². The molecule has 1 aliphatic rings. The molecule has 0 aromatic heterocycles. The van der Waals surface area contributed by atoms with Gasteiger partial charge in [-0.2, -0.15) is 13.2 Å². The molecular weight excluding hydrogens is 309 g/mol. The third kappa shape index (κ3) is 4.60. The van der Waals surface area contributed by atoms with Crippen molar-refractivity contribution in [2.75, 3.05) is 13.2 Å². The van der Waals surface area contributed by atoms with Crippen LogP contribution in [-0.4, -0.2) is 30.3 Å².